The van der Waals surface area contributed by atoms with Crippen LogP contribution < -0.4 is 0 Å². The van der Waals surface area contributed by atoms with Crippen LogP contribution >= 0.6 is 39.1 Å². The van der Waals surface area contributed by atoms with Gasteiger partial charge in [0.25, 0.3) is 0 Å². The molecule has 0 aliphatic carbocycles. The van der Waals surface area contributed by atoms with E-state index < -0.39 is 69.2 Å². The predicted octanol–water partition coefficient (Wildman–Crippen LogP) is -1.53. The van der Waals surface area contributed by atoms with Crippen LogP contribution in [0.4, 0.5) is 0 Å². The number of rotatable bonds is 13. The molecule has 0 aromatic heterocycles. The first-order chi connectivity index (χ1) is 14.4. The lowest BCUT2D eigenvalue weighted by Crippen LogP contribution is -2.40. The van der Waals surface area contributed by atoms with Crippen LogP contribution in [0.25, 0.3) is 0 Å². The average molecular weight is 592 g/mol. The first-order valence-electron chi connectivity index (χ1n) is 6.91. The second-order valence-electron chi connectivity index (χ2n) is 4.89. The zero-order valence-corrected chi connectivity index (χ0v) is 19.7. The molecule has 7 atom stereocenters. The SMILES string of the molecule is CC(=O)OP(=O)(O)OP(=O)(O)OP(=O)(O)OP(=O)(O)OP(=O)(O)OC(=O)C(O)C(O)C(=O)O. The zero-order valence-electron chi connectivity index (χ0n) is 15.2. The molecule has 7 unspecified atom stereocenters. The van der Waals surface area contributed by atoms with E-state index in [2.05, 4.69) is 26.3 Å². The Labute approximate surface area is 180 Å². The van der Waals surface area contributed by atoms with Gasteiger partial charge in [-0.15, -0.1) is 0 Å². The first-order valence-corrected chi connectivity index (χ1v) is 14.4. The van der Waals surface area contributed by atoms with Crippen LogP contribution in [0.2, 0.25) is 0 Å². The normalized spacial score (nSPS) is 22.7. The molecule has 0 aromatic rings. The zero-order chi connectivity index (χ0) is 26.6. The van der Waals surface area contributed by atoms with Crippen molar-refractivity contribution in [2.45, 2.75) is 19.1 Å². The van der Waals surface area contributed by atoms with Gasteiger partial charge in [-0.3, -0.25) is 14.6 Å². The Balaban J connectivity index is 5.33. The van der Waals surface area contributed by atoms with E-state index in [0.717, 1.165) is 0 Å². The molecule has 0 radical (unpaired) electrons. The van der Waals surface area contributed by atoms with Gasteiger partial charge < -0.3 is 39.0 Å². The van der Waals surface area contributed by atoms with Gasteiger partial charge in [0.2, 0.25) is 0 Å². The second-order valence-corrected chi connectivity index (χ2v) is 12.6. The minimum Gasteiger partial charge on any atom is -0.479 e. The monoisotopic (exact) mass is 592 g/mol. The maximum absolute atomic E-state index is 11.5. The molecule has 8 N–H and O–H groups in total. The Bertz CT molecular complexity index is 1010. The number of carbonyl (C=O) groups is 3. The Morgan fingerprint density at radius 2 is 0.909 bits per heavy atom. The van der Waals surface area contributed by atoms with E-state index in [-0.39, 0.29) is 0 Å². The number of carboxylic acids is 1. The van der Waals surface area contributed by atoms with Gasteiger partial charge >= 0.3 is 57.0 Å². The Hall–Kier alpha value is -0.880. The smallest absolute Gasteiger partial charge is 0.479 e. The van der Waals surface area contributed by atoms with Gasteiger partial charge in [0.15, 0.2) is 12.2 Å². The van der Waals surface area contributed by atoms with Crippen molar-refractivity contribution in [1.29, 1.82) is 0 Å². The summed E-state index contributed by atoms with van der Waals surface area (Å²) in [6, 6.07) is 0. The lowest BCUT2D eigenvalue weighted by molar-refractivity contribution is -0.164. The van der Waals surface area contributed by atoms with Crippen LogP contribution in [0.1, 0.15) is 6.92 Å². The molecule has 22 nitrogen and oxygen atoms in total. The highest BCUT2D eigenvalue weighted by Crippen LogP contribution is 2.73. The van der Waals surface area contributed by atoms with Crippen LogP contribution in [0.15, 0.2) is 0 Å². The topological polar surface area (TPSA) is 354 Å². The molecule has 0 rings (SSSR count). The van der Waals surface area contributed by atoms with Crippen LogP contribution in [0.5, 0.6) is 0 Å². The molecule has 0 heterocycles. The van der Waals surface area contributed by atoms with Crippen molar-refractivity contribution in [3.63, 3.8) is 0 Å². The number of aliphatic carboxylic acids is 1. The van der Waals surface area contributed by atoms with Crippen LogP contribution in [0, 0.1) is 0 Å². The van der Waals surface area contributed by atoms with Gasteiger partial charge in [0.1, 0.15) is 0 Å². The molecule has 0 spiro atoms. The summed E-state index contributed by atoms with van der Waals surface area (Å²) in [5.41, 5.74) is 0. The number of carbonyl (C=O) groups excluding carboxylic acids is 2. The largest absolute Gasteiger partial charge is 0.538 e. The molecule has 33 heavy (non-hydrogen) atoms. The molecule has 0 bridgehead atoms. The highest BCUT2D eigenvalue weighted by Gasteiger charge is 2.49. The standard InChI is InChI=1S/C6H13O22P5/c1-2(7)23-29(13,14)25-31(17,18)27-33(21,22)28-32(19,20)26-30(15,16)24-6(12)4(9)3(8)5(10)11/h3-4,8-9H,1H3,(H,10,11)(H,13,14)(H,15,16)(H,17,18)(H,19,20)(H,21,22). The molecule has 0 aliphatic heterocycles. The average Bonchev–Trinajstić information content (AvgIpc) is 2.45. The lowest BCUT2D eigenvalue weighted by Gasteiger charge is -2.20. The Morgan fingerprint density at radius 1 is 0.606 bits per heavy atom. The molecule has 194 valence electrons. The van der Waals surface area contributed by atoms with Gasteiger partial charge in [-0.2, -0.15) is 17.2 Å². The molecule has 0 amide bonds. The molecule has 27 heteroatoms. The summed E-state index contributed by atoms with van der Waals surface area (Å²) in [6.07, 6.45) is -5.95. The highest BCUT2D eigenvalue weighted by molar-refractivity contribution is 7.71. The molecule has 0 saturated carbocycles. The van der Waals surface area contributed by atoms with Gasteiger partial charge in [-0.1, -0.05) is 0 Å². The molecular weight excluding hydrogens is 579 g/mol. The third-order valence-electron chi connectivity index (χ3n) is 2.07. The molecule has 0 saturated heterocycles. The molecule has 0 aromatic carbocycles. The predicted molar refractivity (Wildman–Crippen MR) is 91.0 cm³/mol. The molecule has 0 aliphatic rings. The van der Waals surface area contributed by atoms with E-state index >= 15 is 0 Å². The highest BCUT2D eigenvalue weighted by atomic mass is 31.3. The number of carboxylic acid groups (broad SMARTS) is 1. The van der Waals surface area contributed by atoms with E-state index in [1.165, 1.54) is 0 Å². The van der Waals surface area contributed by atoms with Crippen molar-refractivity contribution < 1.29 is 103 Å². The number of aliphatic hydroxyl groups is 2. The Kier molecular flexibility index (Phi) is 10.9. The molecular formula is C6H13O22P5. The van der Waals surface area contributed by atoms with Gasteiger partial charge in [-0.25, -0.2) is 32.4 Å². The van der Waals surface area contributed by atoms with Gasteiger partial charge in [0, 0.05) is 6.92 Å². The minimum atomic E-state index is -6.42. The third kappa shape index (κ3) is 13.0. The maximum atomic E-state index is 11.5. The van der Waals surface area contributed by atoms with Gasteiger partial charge in [0.05, 0.1) is 0 Å². The summed E-state index contributed by atoms with van der Waals surface area (Å²) in [7, 11) is -31.0. The lowest BCUT2D eigenvalue weighted by atomic mass is 10.2. The maximum Gasteiger partial charge on any atom is 0.538 e. The van der Waals surface area contributed by atoms with Crippen molar-refractivity contribution in [2.24, 2.45) is 0 Å². The fourth-order valence-corrected chi connectivity index (χ4v) is 7.46. The van der Waals surface area contributed by atoms with Crippen molar-refractivity contribution in [3.05, 3.63) is 0 Å². The molecule has 0 fully saturated rings. The van der Waals surface area contributed by atoms with Gasteiger partial charge in [-0.05, 0) is 0 Å². The number of aliphatic hydroxyl groups excluding tert-OH is 2. The van der Waals surface area contributed by atoms with Crippen LogP contribution in [0.3, 0.4) is 0 Å². The summed E-state index contributed by atoms with van der Waals surface area (Å²) in [6.45, 7) is 0.524. The number of phosphoric ester groups is 2. The van der Waals surface area contributed by atoms with Crippen molar-refractivity contribution in [3.8, 4) is 0 Å². The fraction of sp³-hybridized carbons (Fsp3) is 0.500. The summed E-state index contributed by atoms with van der Waals surface area (Å²) in [5, 5.41) is 26.3. The number of hydrogen-bond donors (Lipinski definition) is 8. The summed E-state index contributed by atoms with van der Waals surface area (Å²) >= 11 is 0. The van der Waals surface area contributed by atoms with E-state index in [1.807, 2.05) is 0 Å². The van der Waals surface area contributed by atoms with Crippen molar-refractivity contribution in [2.75, 3.05) is 0 Å². The fourth-order valence-electron chi connectivity index (χ4n) is 1.19. The van der Waals surface area contributed by atoms with E-state index in [4.69, 9.17) is 39.8 Å². The van der Waals surface area contributed by atoms with Crippen molar-refractivity contribution >= 4 is 57.0 Å². The first kappa shape index (κ1) is 32.1. The quantitative estimate of drug-likeness (QED) is 0.112. The van der Waals surface area contributed by atoms with E-state index in [0.29, 0.717) is 6.92 Å². The number of hydrogen-bond acceptors (Lipinski definition) is 16. The van der Waals surface area contributed by atoms with Crippen LogP contribution in [-0.2, 0) is 63.5 Å². The summed E-state index contributed by atoms with van der Waals surface area (Å²) < 4.78 is 77.4. The number of phosphoric acid groups is 5. The van der Waals surface area contributed by atoms with Crippen molar-refractivity contribution in [1.82, 2.24) is 0 Å². The van der Waals surface area contributed by atoms with E-state index in [9.17, 15) is 37.2 Å². The van der Waals surface area contributed by atoms with E-state index in [1.54, 1.807) is 0 Å². The Morgan fingerprint density at radius 3 is 1.21 bits per heavy atom. The minimum absolute atomic E-state index is 0.524. The third-order valence-corrected chi connectivity index (χ3v) is 9.57. The summed E-state index contributed by atoms with van der Waals surface area (Å²) in [4.78, 5) is 77.7. The second kappa shape index (κ2) is 11.2. The summed E-state index contributed by atoms with van der Waals surface area (Å²) in [5.74, 6) is -6.19. The van der Waals surface area contributed by atoms with Crippen LogP contribution in [-0.4, -0.2) is 69.9 Å².